The Balaban J connectivity index is 1.42. The molecule has 2 aromatic carbocycles. The minimum atomic E-state index is -3.67. The molecule has 8 heteroatoms. The van der Waals surface area contributed by atoms with Crippen LogP contribution >= 0.6 is 23.1 Å². The second-order valence-corrected chi connectivity index (χ2v) is 13.2. The number of hydrogen-bond acceptors (Lipinski definition) is 6. The van der Waals surface area contributed by atoms with Crippen LogP contribution in [0.1, 0.15) is 87.8 Å². The van der Waals surface area contributed by atoms with Crippen LogP contribution in [0.2, 0.25) is 0 Å². The van der Waals surface area contributed by atoms with E-state index in [1.165, 1.54) is 86.7 Å². The molecule has 1 heterocycles. The van der Waals surface area contributed by atoms with Crippen molar-refractivity contribution in [1.29, 1.82) is 0 Å². The fourth-order valence-electron chi connectivity index (χ4n) is 4.09. The lowest BCUT2D eigenvalue weighted by molar-refractivity contribution is 0.556. The third-order valence-electron chi connectivity index (χ3n) is 6.23. The SMILES string of the molecule is CCCCCCCCCCCCc1ccccc1CSc1nnc(NS(=O)(=O)c2ccc(C)cc2)s1. The second kappa shape index (κ2) is 15.4. The zero-order valence-corrected chi connectivity index (χ0v) is 24.0. The van der Waals surface area contributed by atoms with Gasteiger partial charge in [0.25, 0.3) is 10.0 Å². The summed E-state index contributed by atoms with van der Waals surface area (Å²) in [5.41, 5.74) is 3.72. The first-order chi connectivity index (χ1) is 17.5. The number of sulfonamides is 1. The van der Waals surface area contributed by atoms with Crippen LogP contribution in [-0.4, -0.2) is 18.6 Å². The third-order valence-corrected chi connectivity index (χ3v) is 9.73. The number of rotatable bonds is 17. The van der Waals surface area contributed by atoms with Gasteiger partial charge in [-0.25, -0.2) is 8.42 Å². The number of nitrogens with one attached hydrogen (secondary N) is 1. The highest BCUT2D eigenvalue weighted by atomic mass is 32.2. The van der Waals surface area contributed by atoms with E-state index in [1.54, 1.807) is 36.0 Å². The first-order valence-electron chi connectivity index (χ1n) is 13.1. The van der Waals surface area contributed by atoms with Gasteiger partial charge in [-0.1, -0.05) is 130 Å². The molecule has 0 saturated carbocycles. The third kappa shape index (κ3) is 9.87. The van der Waals surface area contributed by atoms with Gasteiger partial charge < -0.3 is 0 Å². The topological polar surface area (TPSA) is 72.0 Å². The molecule has 0 fully saturated rings. The average molecular weight is 546 g/mol. The van der Waals surface area contributed by atoms with Crippen molar-refractivity contribution in [2.75, 3.05) is 4.72 Å². The molecule has 1 N–H and O–H groups in total. The van der Waals surface area contributed by atoms with Crippen LogP contribution in [-0.2, 0) is 22.2 Å². The first kappa shape index (κ1) is 28.7. The lowest BCUT2D eigenvalue weighted by Gasteiger charge is -2.08. The summed E-state index contributed by atoms with van der Waals surface area (Å²) < 4.78 is 28.5. The Morgan fingerprint density at radius 2 is 1.42 bits per heavy atom. The fourth-order valence-corrected chi connectivity index (χ4v) is 7.10. The fraction of sp³-hybridized carbons (Fsp3) is 0.500. The summed E-state index contributed by atoms with van der Waals surface area (Å²) in [5, 5.41) is 8.52. The molecule has 0 amide bonds. The molecule has 0 aliphatic rings. The Morgan fingerprint density at radius 3 is 2.08 bits per heavy atom. The number of nitrogens with zero attached hydrogens (tertiary/aromatic N) is 2. The van der Waals surface area contributed by atoms with Gasteiger partial charge in [-0.3, -0.25) is 4.72 Å². The monoisotopic (exact) mass is 545 g/mol. The Morgan fingerprint density at radius 1 is 0.806 bits per heavy atom. The molecule has 0 radical (unpaired) electrons. The van der Waals surface area contributed by atoms with E-state index in [4.69, 9.17) is 0 Å². The van der Waals surface area contributed by atoms with Crippen LogP contribution in [0, 0.1) is 6.92 Å². The Hall–Kier alpha value is -1.90. The average Bonchev–Trinajstić information content (AvgIpc) is 3.31. The van der Waals surface area contributed by atoms with E-state index in [9.17, 15) is 8.42 Å². The van der Waals surface area contributed by atoms with Gasteiger partial charge in [0.2, 0.25) is 5.13 Å². The van der Waals surface area contributed by atoms with E-state index < -0.39 is 10.0 Å². The van der Waals surface area contributed by atoms with Crippen LogP contribution in [0.4, 0.5) is 5.13 Å². The van der Waals surface area contributed by atoms with Gasteiger partial charge in [0, 0.05) is 5.75 Å². The van der Waals surface area contributed by atoms with Gasteiger partial charge in [0.05, 0.1) is 4.90 Å². The van der Waals surface area contributed by atoms with Crippen molar-refractivity contribution in [3.63, 3.8) is 0 Å². The molecule has 0 spiro atoms. The standard InChI is InChI=1S/C28H39N3O2S3/c1-3-4-5-6-7-8-9-10-11-12-15-24-16-13-14-17-25(24)22-34-28-30-29-27(35-28)31-36(32,33)26-20-18-23(2)19-21-26/h13-14,16-21H,3-12,15,22H2,1-2H3,(H,29,31). The number of aromatic nitrogens is 2. The van der Waals surface area contributed by atoms with Crippen molar-refractivity contribution in [2.24, 2.45) is 0 Å². The Labute approximate surface area is 225 Å². The molecule has 5 nitrogen and oxygen atoms in total. The summed E-state index contributed by atoms with van der Waals surface area (Å²) in [6, 6.07) is 15.4. The lowest BCUT2D eigenvalue weighted by atomic mass is 10.0. The summed E-state index contributed by atoms with van der Waals surface area (Å²) in [6.07, 6.45) is 14.6. The summed E-state index contributed by atoms with van der Waals surface area (Å²) in [4.78, 5) is 0.221. The maximum atomic E-state index is 12.6. The summed E-state index contributed by atoms with van der Waals surface area (Å²) >= 11 is 2.87. The van der Waals surface area contributed by atoms with Crippen LogP contribution in [0.5, 0.6) is 0 Å². The van der Waals surface area contributed by atoms with E-state index in [-0.39, 0.29) is 10.0 Å². The molecule has 3 aromatic rings. The predicted octanol–water partition coefficient (Wildman–Crippen LogP) is 8.40. The number of aryl methyl sites for hydroxylation is 2. The van der Waals surface area contributed by atoms with Crippen molar-refractivity contribution in [2.45, 2.75) is 99.5 Å². The molecule has 196 valence electrons. The maximum Gasteiger partial charge on any atom is 0.263 e. The Kier molecular flexibility index (Phi) is 12.2. The number of benzene rings is 2. The second-order valence-electron chi connectivity index (χ2n) is 9.28. The van der Waals surface area contributed by atoms with Crippen molar-refractivity contribution >= 4 is 38.3 Å². The molecule has 0 aliphatic heterocycles. The minimum absolute atomic E-state index is 0.221. The normalized spacial score (nSPS) is 11.6. The van der Waals surface area contributed by atoms with E-state index in [1.807, 2.05) is 6.92 Å². The smallest absolute Gasteiger partial charge is 0.253 e. The van der Waals surface area contributed by atoms with E-state index in [2.05, 4.69) is 46.1 Å². The molecule has 1 aromatic heterocycles. The number of unbranched alkanes of at least 4 members (excludes halogenated alkanes) is 9. The van der Waals surface area contributed by atoms with Crippen molar-refractivity contribution < 1.29 is 8.42 Å². The minimum Gasteiger partial charge on any atom is -0.253 e. The molecule has 0 aliphatic carbocycles. The molecule has 0 saturated heterocycles. The van der Waals surface area contributed by atoms with E-state index in [0.717, 1.165) is 22.1 Å². The van der Waals surface area contributed by atoms with Crippen molar-refractivity contribution in [3.05, 3.63) is 65.2 Å². The van der Waals surface area contributed by atoms with Gasteiger partial charge >= 0.3 is 0 Å². The highest BCUT2D eigenvalue weighted by molar-refractivity contribution is 8.00. The maximum absolute atomic E-state index is 12.6. The van der Waals surface area contributed by atoms with Crippen LogP contribution in [0.15, 0.2) is 57.8 Å². The molecule has 36 heavy (non-hydrogen) atoms. The highest BCUT2D eigenvalue weighted by Gasteiger charge is 2.17. The first-order valence-corrected chi connectivity index (χ1v) is 16.4. The molecule has 0 bridgehead atoms. The van der Waals surface area contributed by atoms with Crippen LogP contribution in [0.3, 0.4) is 0 Å². The van der Waals surface area contributed by atoms with Crippen molar-refractivity contribution in [1.82, 2.24) is 10.2 Å². The van der Waals surface area contributed by atoms with Gasteiger partial charge in [-0.05, 0) is 43.0 Å². The molecular weight excluding hydrogens is 507 g/mol. The molecule has 3 rings (SSSR count). The molecule has 0 unspecified atom stereocenters. The Bertz CT molecular complexity index is 1140. The highest BCUT2D eigenvalue weighted by Crippen LogP contribution is 2.30. The zero-order chi connectivity index (χ0) is 25.6. The summed E-state index contributed by atoms with van der Waals surface area (Å²) in [6.45, 7) is 4.19. The van der Waals surface area contributed by atoms with Crippen LogP contribution in [0.25, 0.3) is 0 Å². The molecule has 0 atom stereocenters. The largest absolute Gasteiger partial charge is 0.263 e. The van der Waals surface area contributed by atoms with Gasteiger partial charge in [-0.2, -0.15) is 0 Å². The van der Waals surface area contributed by atoms with E-state index >= 15 is 0 Å². The predicted molar refractivity (Wildman–Crippen MR) is 153 cm³/mol. The molecular formula is C28H39N3O2S3. The number of anilines is 1. The van der Waals surface area contributed by atoms with Gasteiger partial charge in [-0.15, -0.1) is 10.2 Å². The zero-order valence-electron chi connectivity index (χ0n) is 21.5. The number of thioether (sulfide) groups is 1. The van der Waals surface area contributed by atoms with E-state index in [0.29, 0.717) is 0 Å². The lowest BCUT2D eigenvalue weighted by Crippen LogP contribution is -2.12. The summed E-state index contributed by atoms with van der Waals surface area (Å²) in [5.74, 6) is 0.799. The van der Waals surface area contributed by atoms with Gasteiger partial charge in [0.15, 0.2) is 4.34 Å². The number of hydrogen-bond donors (Lipinski definition) is 1. The van der Waals surface area contributed by atoms with Gasteiger partial charge in [0.1, 0.15) is 0 Å². The summed E-state index contributed by atoms with van der Waals surface area (Å²) in [7, 11) is -3.67. The quantitative estimate of drug-likeness (QED) is 0.136. The van der Waals surface area contributed by atoms with Crippen molar-refractivity contribution in [3.8, 4) is 0 Å². The van der Waals surface area contributed by atoms with Crippen LogP contribution < -0.4 is 4.72 Å².